The van der Waals surface area contributed by atoms with Gasteiger partial charge < -0.3 is 14.6 Å². The van der Waals surface area contributed by atoms with Crippen LogP contribution in [0.2, 0.25) is 0 Å². The van der Waals surface area contributed by atoms with Crippen LogP contribution >= 0.6 is 22.6 Å². The largest absolute Gasteiger partial charge is 0.481 e. The maximum atomic E-state index is 11.2. The zero-order valence-electron chi connectivity index (χ0n) is 9.96. The van der Waals surface area contributed by atoms with Gasteiger partial charge in [-0.05, 0) is 40.8 Å². The Morgan fingerprint density at radius 2 is 2.00 bits per heavy atom. The quantitative estimate of drug-likeness (QED) is 0.837. The smallest absolute Gasteiger partial charge is 0.339 e. The first-order valence-corrected chi connectivity index (χ1v) is 6.40. The van der Waals surface area contributed by atoms with Crippen LogP contribution in [0.1, 0.15) is 10.4 Å². The predicted octanol–water partition coefficient (Wildman–Crippen LogP) is 3.19. The number of carboxylic acids is 1. The standard InChI is InChI=1S/C13H10INO4/c1-18-11-3-2-4-12(15-11)19-10-6-5-8(14)7-9(10)13(16)17/h2-7H,1H3,(H,16,17). The van der Waals surface area contributed by atoms with Gasteiger partial charge in [0.1, 0.15) is 11.3 Å². The van der Waals surface area contributed by atoms with Gasteiger partial charge in [-0.2, -0.15) is 4.98 Å². The molecule has 0 spiro atoms. The minimum absolute atomic E-state index is 0.0940. The minimum Gasteiger partial charge on any atom is -0.481 e. The molecule has 2 rings (SSSR count). The highest BCUT2D eigenvalue weighted by Crippen LogP contribution is 2.26. The number of carbonyl (C=O) groups is 1. The van der Waals surface area contributed by atoms with Crippen LogP contribution in [0.4, 0.5) is 0 Å². The summed E-state index contributed by atoms with van der Waals surface area (Å²) in [6.07, 6.45) is 0. The van der Waals surface area contributed by atoms with E-state index in [2.05, 4.69) is 4.98 Å². The molecule has 1 aromatic heterocycles. The molecule has 0 fully saturated rings. The molecule has 1 heterocycles. The highest BCUT2D eigenvalue weighted by molar-refractivity contribution is 14.1. The van der Waals surface area contributed by atoms with E-state index in [1.165, 1.54) is 7.11 Å². The van der Waals surface area contributed by atoms with Crippen LogP contribution in [-0.4, -0.2) is 23.2 Å². The van der Waals surface area contributed by atoms with Crippen LogP contribution in [0.15, 0.2) is 36.4 Å². The topological polar surface area (TPSA) is 68.7 Å². The fourth-order valence-corrected chi connectivity index (χ4v) is 1.93. The molecule has 98 valence electrons. The zero-order valence-corrected chi connectivity index (χ0v) is 12.1. The van der Waals surface area contributed by atoms with Crippen LogP contribution in [0.25, 0.3) is 0 Å². The molecular formula is C13H10INO4. The van der Waals surface area contributed by atoms with Crippen molar-refractivity contribution in [1.82, 2.24) is 4.98 Å². The molecule has 5 nitrogen and oxygen atoms in total. The molecule has 0 saturated heterocycles. The number of halogens is 1. The molecule has 0 atom stereocenters. The second kappa shape index (κ2) is 5.87. The van der Waals surface area contributed by atoms with Gasteiger partial charge in [-0.3, -0.25) is 0 Å². The van der Waals surface area contributed by atoms with Gasteiger partial charge in [0.25, 0.3) is 0 Å². The number of rotatable bonds is 4. The molecule has 2 aromatic rings. The van der Waals surface area contributed by atoms with E-state index in [1.54, 1.807) is 36.4 Å². The Bertz CT molecular complexity index is 615. The molecule has 0 saturated carbocycles. The Labute approximate surface area is 123 Å². The van der Waals surface area contributed by atoms with Crippen molar-refractivity contribution in [2.45, 2.75) is 0 Å². The van der Waals surface area contributed by atoms with E-state index >= 15 is 0 Å². The Morgan fingerprint density at radius 1 is 1.26 bits per heavy atom. The van der Waals surface area contributed by atoms with Crippen LogP contribution in [0.5, 0.6) is 17.5 Å². The number of pyridine rings is 1. The van der Waals surface area contributed by atoms with Crippen LogP contribution in [0.3, 0.4) is 0 Å². The van der Waals surface area contributed by atoms with Crippen molar-refractivity contribution >= 4 is 28.6 Å². The number of hydrogen-bond donors (Lipinski definition) is 1. The van der Waals surface area contributed by atoms with Crippen LogP contribution in [0, 0.1) is 3.57 Å². The molecule has 0 unspecified atom stereocenters. The molecule has 0 aliphatic heterocycles. The number of hydrogen-bond acceptors (Lipinski definition) is 4. The van der Waals surface area contributed by atoms with Crippen molar-refractivity contribution in [2.24, 2.45) is 0 Å². The van der Waals surface area contributed by atoms with Crippen molar-refractivity contribution in [3.05, 3.63) is 45.5 Å². The number of methoxy groups -OCH3 is 1. The number of ether oxygens (including phenoxy) is 2. The second-order valence-electron chi connectivity index (χ2n) is 3.57. The Morgan fingerprint density at radius 3 is 2.68 bits per heavy atom. The van der Waals surface area contributed by atoms with Crippen molar-refractivity contribution in [3.8, 4) is 17.5 Å². The van der Waals surface area contributed by atoms with Crippen LogP contribution < -0.4 is 9.47 Å². The Balaban J connectivity index is 2.34. The summed E-state index contributed by atoms with van der Waals surface area (Å²) in [5.41, 5.74) is 0.0940. The van der Waals surface area contributed by atoms with Gasteiger partial charge in [0, 0.05) is 15.7 Å². The third-order valence-corrected chi connectivity index (χ3v) is 2.96. The summed E-state index contributed by atoms with van der Waals surface area (Å²) in [5.74, 6) is -0.118. The van der Waals surface area contributed by atoms with Crippen molar-refractivity contribution in [3.63, 3.8) is 0 Å². The van der Waals surface area contributed by atoms with Gasteiger partial charge in [0.05, 0.1) is 7.11 Å². The monoisotopic (exact) mass is 371 g/mol. The third kappa shape index (κ3) is 3.34. The predicted molar refractivity (Wildman–Crippen MR) is 77.0 cm³/mol. The zero-order chi connectivity index (χ0) is 13.8. The van der Waals surface area contributed by atoms with E-state index < -0.39 is 5.97 Å². The fraction of sp³-hybridized carbons (Fsp3) is 0.0769. The Hall–Kier alpha value is -1.83. The fourth-order valence-electron chi connectivity index (χ4n) is 1.44. The number of benzene rings is 1. The SMILES string of the molecule is COc1cccc(Oc2ccc(I)cc2C(=O)O)n1. The van der Waals surface area contributed by atoms with Gasteiger partial charge in [-0.25, -0.2) is 4.79 Å². The summed E-state index contributed by atoms with van der Waals surface area (Å²) in [6, 6.07) is 9.94. The lowest BCUT2D eigenvalue weighted by molar-refractivity contribution is 0.0694. The molecule has 0 amide bonds. The number of carboxylic acid groups (broad SMARTS) is 1. The molecular weight excluding hydrogens is 361 g/mol. The van der Waals surface area contributed by atoms with Crippen LogP contribution in [-0.2, 0) is 0 Å². The van der Waals surface area contributed by atoms with E-state index in [-0.39, 0.29) is 17.2 Å². The van der Waals surface area contributed by atoms with E-state index in [4.69, 9.17) is 14.6 Å². The molecule has 1 aromatic carbocycles. The lowest BCUT2D eigenvalue weighted by Gasteiger charge is -2.09. The molecule has 6 heteroatoms. The first-order valence-electron chi connectivity index (χ1n) is 5.32. The first kappa shape index (κ1) is 13.6. The lowest BCUT2D eigenvalue weighted by Crippen LogP contribution is -2.01. The van der Waals surface area contributed by atoms with Crippen molar-refractivity contribution < 1.29 is 19.4 Å². The number of nitrogens with zero attached hydrogens (tertiary/aromatic N) is 1. The van der Waals surface area contributed by atoms with Gasteiger partial charge in [0.15, 0.2) is 0 Å². The summed E-state index contributed by atoms with van der Waals surface area (Å²) in [6.45, 7) is 0. The Kier molecular flexibility index (Phi) is 4.20. The first-order chi connectivity index (χ1) is 9.10. The summed E-state index contributed by atoms with van der Waals surface area (Å²) in [5, 5.41) is 9.14. The highest BCUT2D eigenvalue weighted by atomic mass is 127. The molecule has 19 heavy (non-hydrogen) atoms. The maximum absolute atomic E-state index is 11.2. The average Bonchev–Trinajstić information content (AvgIpc) is 2.41. The lowest BCUT2D eigenvalue weighted by atomic mass is 10.2. The van der Waals surface area contributed by atoms with E-state index in [9.17, 15) is 4.79 Å². The number of aromatic carboxylic acids is 1. The summed E-state index contributed by atoms with van der Waals surface area (Å²) < 4.78 is 11.3. The van der Waals surface area contributed by atoms with Gasteiger partial charge in [0.2, 0.25) is 11.8 Å². The van der Waals surface area contributed by atoms with Crippen molar-refractivity contribution in [2.75, 3.05) is 7.11 Å². The number of aromatic nitrogens is 1. The molecule has 0 radical (unpaired) electrons. The van der Waals surface area contributed by atoms with E-state index in [1.807, 2.05) is 22.6 Å². The minimum atomic E-state index is -1.04. The summed E-state index contributed by atoms with van der Waals surface area (Å²) in [7, 11) is 1.50. The normalized spacial score (nSPS) is 10.0. The summed E-state index contributed by atoms with van der Waals surface area (Å²) in [4.78, 5) is 15.2. The highest BCUT2D eigenvalue weighted by Gasteiger charge is 2.13. The van der Waals surface area contributed by atoms with Gasteiger partial charge >= 0.3 is 5.97 Å². The van der Waals surface area contributed by atoms with E-state index in [0.717, 1.165) is 3.57 Å². The van der Waals surface area contributed by atoms with E-state index in [0.29, 0.717) is 5.88 Å². The van der Waals surface area contributed by atoms with Gasteiger partial charge in [-0.1, -0.05) is 6.07 Å². The second-order valence-corrected chi connectivity index (χ2v) is 4.81. The average molecular weight is 371 g/mol. The van der Waals surface area contributed by atoms with Gasteiger partial charge in [-0.15, -0.1) is 0 Å². The van der Waals surface area contributed by atoms with Crippen molar-refractivity contribution in [1.29, 1.82) is 0 Å². The summed E-state index contributed by atoms with van der Waals surface area (Å²) >= 11 is 2.04. The maximum Gasteiger partial charge on any atom is 0.339 e. The molecule has 0 bridgehead atoms. The molecule has 0 aliphatic rings. The third-order valence-electron chi connectivity index (χ3n) is 2.29. The molecule has 1 N–H and O–H groups in total. The molecule has 0 aliphatic carbocycles.